The molecule has 1 unspecified atom stereocenters. The molecule has 0 saturated heterocycles. The maximum Gasteiger partial charge on any atom is 0.259 e. The van der Waals surface area contributed by atoms with Gasteiger partial charge in [0.05, 0.1) is 12.6 Å². The number of nitrogens with zero attached hydrogens (tertiary/aromatic N) is 3. The van der Waals surface area contributed by atoms with Crippen molar-refractivity contribution >= 4 is 17.5 Å². The normalized spacial score (nSPS) is 19.7. The summed E-state index contributed by atoms with van der Waals surface area (Å²) in [5, 5.41) is 11.0. The Hall–Kier alpha value is -2.15. The molecule has 1 N–H and O–H groups in total. The van der Waals surface area contributed by atoms with Gasteiger partial charge in [0.2, 0.25) is 5.88 Å². The van der Waals surface area contributed by atoms with Crippen molar-refractivity contribution < 1.29 is 14.6 Å². The number of aliphatic hydroxyl groups is 1. The smallest absolute Gasteiger partial charge is 0.259 e. The van der Waals surface area contributed by atoms with E-state index in [9.17, 15) is 9.90 Å². The minimum atomic E-state index is -0.651. The number of pyridine rings is 1. The van der Waals surface area contributed by atoms with Gasteiger partial charge in [-0.3, -0.25) is 9.69 Å². The second-order valence-electron chi connectivity index (χ2n) is 8.44. The Bertz CT molecular complexity index is 918. The molecule has 0 fully saturated rings. The molecule has 1 atom stereocenters. The average Bonchev–Trinajstić information content (AvgIpc) is 2.75. The molecule has 2 aliphatic heterocycles. The maximum atomic E-state index is 13.1. The van der Waals surface area contributed by atoms with E-state index >= 15 is 0 Å². The molecule has 4 rings (SSSR count). The van der Waals surface area contributed by atoms with Crippen LogP contribution in [0.25, 0.3) is 0 Å². The number of hydrogen-bond donors (Lipinski definition) is 1. The fourth-order valence-corrected chi connectivity index (χ4v) is 4.26. The van der Waals surface area contributed by atoms with Crippen molar-refractivity contribution in [3.63, 3.8) is 0 Å². The summed E-state index contributed by atoms with van der Waals surface area (Å²) in [6.45, 7) is 6.65. The highest BCUT2D eigenvalue weighted by Crippen LogP contribution is 2.29. The Morgan fingerprint density at radius 3 is 2.76 bits per heavy atom. The molecule has 6 nitrogen and oxygen atoms in total. The molecule has 0 bridgehead atoms. The fraction of sp³-hybridized carbons (Fsp3) is 0.455. The SMILES string of the molecule is CC1(C)CN(CC(O)CN2CCc3ccccc3C2)C(=O)c2ccc(Cl)nc2O1. The first-order chi connectivity index (χ1) is 13.8. The van der Waals surface area contributed by atoms with E-state index in [1.165, 1.54) is 11.1 Å². The summed E-state index contributed by atoms with van der Waals surface area (Å²) < 4.78 is 5.95. The number of hydrogen-bond acceptors (Lipinski definition) is 5. The van der Waals surface area contributed by atoms with Gasteiger partial charge in [-0.1, -0.05) is 35.9 Å². The lowest BCUT2D eigenvalue weighted by molar-refractivity contribution is 0.0278. The zero-order valence-electron chi connectivity index (χ0n) is 16.8. The number of ether oxygens (including phenoxy) is 1. The molecule has 2 aliphatic rings. The molecule has 2 aromatic rings. The van der Waals surface area contributed by atoms with E-state index < -0.39 is 11.7 Å². The summed E-state index contributed by atoms with van der Waals surface area (Å²) in [4.78, 5) is 21.1. The van der Waals surface area contributed by atoms with Crippen LogP contribution in [0.2, 0.25) is 5.15 Å². The van der Waals surface area contributed by atoms with Crippen LogP contribution in [0.4, 0.5) is 0 Å². The van der Waals surface area contributed by atoms with Gasteiger partial charge in [-0.15, -0.1) is 0 Å². The number of rotatable bonds is 4. The Morgan fingerprint density at radius 2 is 1.97 bits per heavy atom. The third-order valence-corrected chi connectivity index (χ3v) is 5.61. The first kappa shape index (κ1) is 20.1. The van der Waals surface area contributed by atoms with Crippen molar-refractivity contribution in [2.45, 2.75) is 38.5 Å². The molecule has 7 heteroatoms. The van der Waals surface area contributed by atoms with Crippen molar-refractivity contribution in [3.8, 4) is 5.88 Å². The first-order valence-corrected chi connectivity index (χ1v) is 10.3. The highest BCUT2D eigenvalue weighted by molar-refractivity contribution is 6.29. The second kappa shape index (κ2) is 7.94. The van der Waals surface area contributed by atoms with Gasteiger partial charge in [0.15, 0.2) is 0 Å². The van der Waals surface area contributed by atoms with Crippen LogP contribution in [-0.2, 0) is 13.0 Å². The second-order valence-corrected chi connectivity index (χ2v) is 8.83. The third-order valence-electron chi connectivity index (χ3n) is 5.40. The van der Waals surface area contributed by atoms with Gasteiger partial charge >= 0.3 is 0 Å². The van der Waals surface area contributed by atoms with Crippen LogP contribution in [0.3, 0.4) is 0 Å². The number of β-amino-alcohol motifs (C(OH)–C–C–N with tert-alkyl or cyclic N) is 1. The number of carbonyl (C=O) groups is 1. The Morgan fingerprint density at radius 1 is 1.21 bits per heavy atom. The topological polar surface area (TPSA) is 65.9 Å². The van der Waals surface area contributed by atoms with Crippen molar-refractivity contribution in [3.05, 3.63) is 58.2 Å². The van der Waals surface area contributed by atoms with Crippen LogP contribution in [0.5, 0.6) is 5.88 Å². The van der Waals surface area contributed by atoms with Crippen molar-refractivity contribution in [2.75, 3.05) is 26.2 Å². The lowest BCUT2D eigenvalue weighted by atomic mass is 9.99. The zero-order valence-corrected chi connectivity index (χ0v) is 17.5. The molecule has 0 radical (unpaired) electrons. The van der Waals surface area contributed by atoms with Crippen molar-refractivity contribution in [1.82, 2.24) is 14.8 Å². The summed E-state index contributed by atoms with van der Waals surface area (Å²) in [6.07, 6.45) is 0.327. The Kier molecular flexibility index (Phi) is 5.51. The van der Waals surface area contributed by atoms with Crippen molar-refractivity contribution in [2.24, 2.45) is 0 Å². The summed E-state index contributed by atoms with van der Waals surface area (Å²) in [6, 6.07) is 11.6. The van der Waals surface area contributed by atoms with Crippen LogP contribution >= 0.6 is 11.6 Å². The predicted octanol–water partition coefficient (Wildman–Crippen LogP) is 2.77. The highest BCUT2D eigenvalue weighted by atomic mass is 35.5. The van der Waals surface area contributed by atoms with E-state index in [4.69, 9.17) is 16.3 Å². The minimum absolute atomic E-state index is 0.196. The Labute approximate surface area is 176 Å². The number of amides is 1. The van der Waals surface area contributed by atoms with Gasteiger partial charge in [-0.05, 0) is 43.5 Å². The summed E-state index contributed by atoms with van der Waals surface area (Å²) in [7, 11) is 0. The van der Waals surface area contributed by atoms with E-state index in [0.29, 0.717) is 18.7 Å². The van der Waals surface area contributed by atoms with E-state index in [2.05, 4.69) is 34.1 Å². The molecule has 29 heavy (non-hydrogen) atoms. The molecule has 1 aromatic carbocycles. The summed E-state index contributed by atoms with van der Waals surface area (Å²) in [5.74, 6) is 0.0508. The number of benzene rings is 1. The van der Waals surface area contributed by atoms with E-state index in [1.807, 2.05) is 13.8 Å². The molecule has 154 valence electrons. The third kappa shape index (κ3) is 4.55. The average molecular weight is 416 g/mol. The standard InChI is InChI=1S/C22H26ClN3O3/c1-22(2)14-26(21(28)18-7-8-19(23)24-20(18)29-22)13-17(27)12-25-10-9-15-5-3-4-6-16(15)11-25/h3-8,17,27H,9-14H2,1-2H3. The van der Waals surface area contributed by atoms with Gasteiger partial charge in [0.1, 0.15) is 16.3 Å². The highest BCUT2D eigenvalue weighted by Gasteiger charge is 2.35. The molecular formula is C22H26ClN3O3. The molecule has 0 aliphatic carbocycles. The predicted molar refractivity (Wildman–Crippen MR) is 111 cm³/mol. The summed E-state index contributed by atoms with van der Waals surface area (Å²) in [5.41, 5.74) is 2.42. The van der Waals surface area contributed by atoms with Gasteiger partial charge in [-0.2, -0.15) is 0 Å². The summed E-state index contributed by atoms with van der Waals surface area (Å²) >= 11 is 5.97. The Balaban J connectivity index is 1.45. The molecular weight excluding hydrogens is 390 g/mol. The van der Waals surface area contributed by atoms with Gasteiger partial charge in [0, 0.05) is 26.2 Å². The number of aromatic nitrogens is 1. The van der Waals surface area contributed by atoms with Crippen molar-refractivity contribution in [1.29, 1.82) is 0 Å². The largest absolute Gasteiger partial charge is 0.469 e. The van der Waals surface area contributed by atoms with E-state index in [1.54, 1.807) is 17.0 Å². The van der Waals surface area contributed by atoms with Crippen LogP contribution in [0.1, 0.15) is 35.3 Å². The number of fused-ring (bicyclic) bond motifs is 2. The number of aliphatic hydroxyl groups excluding tert-OH is 1. The van der Waals surface area contributed by atoms with Gasteiger partial charge < -0.3 is 14.7 Å². The number of carbonyl (C=O) groups excluding carboxylic acids is 1. The maximum absolute atomic E-state index is 13.1. The van der Waals surface area contributed by atoms with Crippen LogP contribution < -0.4 is 4.74 Å². The molecule has 0 saturated carbocycles. The minimum Gasteiger partial charge on any atom is -0.469 e. The molecule has 1 amide bonds. The lowest BCUT2D eigenvalue weighted by Gasteiger charge is -2.33. The monoisotopic (exact) mass is 415 g/mol. The fourth-order valence-electron chi connectivity index (χ4n) is 4.12. The van der Waals surface area contributed by atoms with Crippen LogP contribution in [0, 0.1) is 0 Å². The van der Waals surface area contributed by atoms with Crippen LogP contribution in [0.15, 0.2) is 36.4 Å². The van der Waals surface area contributed by atoms with E-state index in [0.717, 1.165) is 19.5 Å². The molecule has 0 spiro atoms. The van der Waals surface area contributed by atoms with Gasteiger partial charge in [-0.25, -0.2) is 4.98 Å². The number of halogens is 1. The molecule has 3 heterocycles. The van der Waals surface area contributed by atoms with E-state index in [-0.39, 0.29) is 23.5 Å². The quantitative estimate of drug-likeness (QED) is 0.778. The first-order valence-electron chi connectivity index (χ1n) is 9.93. The molecule has 1 aromatic heterocycles. The lowest BCUT2D eigenvalue weighted by Crippen LogP contribution is -2.48. The zero-order chi connectivity index (χ0) is 20.6. The van der Waals surface area contributed by atoms with Gasteiger partial charge in [0.25, 0.3) is 5.91 Å². The van der Waals surface area contributed by atoms with Crippen LogP contribution in [-0.4, -0.2) is 63.7 Å².